The number of rotatable bonds is 4. The monoisotopic (exact) mass is 210 g/mol. The van der Waals surface area contributed by atoms with Gasteiger partial charge in [0.1, 0.15) is 0 Å². The van der Waals surface area contributed by atoms with Gasteiger partial charge in [0.15, 0.2) is 0 Å². The molecular weight excluding hydrogens is 192 g/mol. The first-order chi connectivity index (χ1) is 6.70. The number of unbranched alkanes of at least 4 members (excludes halogenated alkanes) is 1. The minimum atomic E-state index is 0.973. The highest BCUT2D eigenvalue weighted by Crippen LogP contribution is 2.25. The zero-order valence-corrected chi connectivity index (χ0v) is 10.1. The van der Waals surface area contributed by atoms with Crippen LogP contribution in [0.2, 0.25) is 5.02 Å². The Morgan fingerprint density at radius 1 is 1.14 bits per heavy atom. The largest absolute Gasteiger partial charge is 0.0837 e. The molecule has 1 aromatic carbocycles. The molecule has 0 fully saturated rings. The Labute approximate surface area is 92.3 Å². The standard InChI is InChI=1S/C13H19Cl/c1-4-6-7-12-9-8-11(5-2)13(14)10(12)3/h8-9H,4-7H2,1-3H3. The zero-order valence-electron chi connectivity index (χ0n) is 9.36. The Hall–Kier alpha value is -0.490. The van der Waals surface area contributed by atoms with E-state index in [-0.39, 0.29) is 0 Å². The maximum Gasteiger partial charge on any atom is 0.0469 e. The highest BCUT2D eigenvalue weighted by molar-refractivity contribution is 6.32. The normalized spacial score (nSPS) is 10.6. The summed E-state index contributed by atoms with van der Waals surface area (Å²) >= 11 is 6.28. The number of hydrogen-bond donors (Lipinski definition) is 0. The minimum Gasteiger partial charge on any atom is -0.0837 e. The maximum atomic E-state index is 6.28. The second-order valence-electron chi connectivity index (χ2n) is 3.78. The van der Waals surface area contributed by atoms with Gasteiger partial charge in [-0.2, -0.15) is 0 Å². The molecular formula is C13H19Cl. The second kappa shape index (κ2) is 5.41. The first kappa shape index (κ1) is 11.6. The third-order valence-electron chi connectivity index (χ3n) is 2.76. The van der Waals surface area contributed by atoms with E-state index in [1.165, 1.54) is 29.5 Å². The molecule has 0 unspecified atom stereocenters. The molecule has 1 aromatic rings. The summed E-state index contributed by atoms with van der Waals surface area (Å²) in [5, 5.41) is 0.973. The van der Waals surface area contributed by atoms with Crippen LogP contribution in [0, 0.1) is 6.92 Å². The van der Waals surface area contributed by atoms with Gasteiger partial charge in [-0.05, 0) is 42.9 Å². The van der Waals surface area contributed by atoms with E-state index in [1.54, 1.807) is 0 Å². The highest BCUT2D eigenvalue weighted by atomic mass is 35.5. The molecule has 0 aliphatic carbocycles. The van der Waals surface area contributed by atoms with Crippen LogP contribution < -0.4 is 0 Å². The summed E-state index contributed by atoms with van der Waals surface area (Å²) in [4.78, 5) is 0. The Kier molecular flexibility index (Phi) is 4.47. The summed E-state index contributed by atoms with van der Waals surface area (Å²) in [5.41, 5.74) is 3.96. The van der Waals surface area contributed by atoms with Gasteiger partial charge in [0.05, 0.1) is 0 Å². The van der Waals surface area contributed by atoms with Gasteiger partial charge < -0.3 is 0 Å². The second-order valence-corrected chi connectivity index (χ2v) is 4.16. The average Bonchev–Trinajstić information content (AvgIpc) is 2.20. The van der Waals surface area contributed by atoms with E-state index in [0.717, 1.165) is 17.9 Å². The molecule has 0 amide bonds. The molecule has 0 aliphatic rings. The lowest BCUT2D eigenvalue weighted by molar-refractivity contribution is 0.790. The fraction of sp³-hybridized carbons (Fsp3) is 0.538. The lowest BCUT2D eigenvalue weighted by atomic mass is 9.99. The van der Waals surface area contributed by atoms with Crippen LogP contribution >= 0.6 is 11.6 Å². The van der Waals surface area contributed by atoms with Gasteiger partial charge in [0.2, 0.25) is 0 Å². The van der Waals surface area contributed by atoms with Crippen molar-refractivity contribution in [1.29, 1.82) is 0 Å². The summed E-state index contributed by atoms with van der Waals surface area (Å²) in [6.45, 7) is 6.50. The summed E-state index contributed by atoms with van der Waals surface area (Å²) in [7, 11) is 0. The molecule has 14 heavy (non-hydrogen) atoms. The smallest absolute Gasteiger partial charge is 0.0469 e. The third kappa shape index (κ3) is 2.51. The molecule has 0 atom stereocenters. The van der Waals surface area contributed by atoms with Gasteiger partial charge in [-0.1, -0.05) is 44.0 Å². The van der Waals surface area contributed by atoms with Crippen molar-refractivity contribution in [2.45, 2.75) is 46.5 Å². The molecule has 78 valence electrons. The number of benzene rings is 1. The fourth-order valence-electron chi connectivity index (χ4n) is 1.69. The van der Waals surface area contributed by atoms with Gasteiger partial charge in [-0.15, -0.1) is 0 Å². The van der Waals surface area contributed by atoms with Crippen molar-refractivity contribution in [2.75, 3.05) is 0 Å². The topological polar surface area (TPSA) is 0 Å². The van der Waals surface area contributed by atoms with E-state index < -0.39 is 0 Å². The van der Waals surface area contributed by atoms with Gasteiger partial charge in [0, 0.05) is 5.02 Å². The molecule has 0 aromatic heterocycles. The Balaban J connectivity index is 2.92. The predicted octanol–water partition coefficient (Wildman–Crippen LogP) is 4.55. The van der Waals surface area contributed by atoms with Crippen molar-refractivity contribution >= 4 is 11.6 Å². The van der Waals surface area contributed by atoms with E-state index in [2.05, 4.69) is 32.9 Å². The first-order valence-corrected chi connectivity index (χ1v) is 5.85. The van der Waals surface area contributed by atoms with Gasteiger partial charge in [0.25, 0.3) is 0 Å². The van der Waals surface area contributed by atoms with E-state index in [4.69, 9.17) is 11.6 Å². The van der Waals surface area contributed by atoms with Crippen LogP contribution in [0.5, 0.6) is 0 Å². The van der Waals surface area contributed by atoms with E-state index in [9.17, 15) is 0 Å². The Morgan fingerprint density at radius 2 is 1.79 bits per heavy atom. The molecule has 0 radical (unpaired) electrons. The molecule has 0 spiro atoms. The molecule has 0 aliphatic heterocycles. The van der Waals surface area contributed by atoms with Crippen molar-refractivity contribution in [1.82, 2.24) is 0 Å². The Bertz CT molecular complexity index is 302. The van der Waals surface area contributed by atoms with Crippen LogP contribution in [0.25, 0.3) is 0 Å². The van der Waals surface area contributed by atoms with Crippen molar-refractivity contribution in [3.8, 4) is 0 Å². The van der Waals surface area contributed by atoms with E-state index in [0.29, 0.717) is 0 Å². The molecule has 1 rings (SSSR count). The number of hydrogen-bond acceptors (Lipinski definition) is 0. The molecule has 0 heterocycles. The van der Waals surface area contributed by atoms with Gasteiger partial charge in [-0.3, -0.25) is 0 Å². The zero-order chi connectivity index (χ0) is 10.6. The van der Waals surface area contributed by atoms with Crippen molar-refractivity contribution in [2.24, 2.45) is 0 Å². The lowest BCUT2D eigenvalue weighted by Crippen LogP contribution is -1.94. The van der Waals surface area contributed by atoms with Crippen LogP contribution in [0.15, 0.2) is 12.1 Å². The van der Waals surface area contributed by atoms with Gasteiger partial charge in [-0.25, -0.2) is 0 Å². The molecule has 0 saturated carbocycles. The minimum absolute atomic E-state index is 0.973. The number of aryl methyl sites for hydroxylation is 2. The summed E-state index contributed by atoms with van der Waals surface area (Å²) in [6, 6.07) is 4.40. The quantitative estimate of drug-likeness (QED) is 0.684. The highest BCUT2D eigenvalue weighted by Gasteiger charge is 2.05. The molecule has 0 nitrogen and oxygen atoms in total. The maximum absolute atomic E-state index is 6.28. The molecule has 1 heteroatoms. The van der Waals surface area contributed by atoms with Crippen LogP contribution in [-0.2, 0) is 12.8 Å². The third-order valence-corrected chi connectivity index (χ3v) is 3.29. The van der Waals surface area contributed by atoms with Crippen LogP contribution in [-0.4, -0.2) is 0 Å². The predicted molar refractivity (Wildman–Crippen MR) is 64.2 cm³/mol. The van der Waals surface area contributed by atoms with Crippen molar-refractivity contribution < 1.29 is 0 Å². The number of halogens is 1. The SMILES string of the molecule is CCCCc1ccc(CC)c(Cl)c1C. The van der Waals surface area contributed by atoms with E-state index >= 15 is 0 Å². The van der Waals surface area contributed by atoms with Crippen molar-refractivity contribution in [3.63, 3.8) is 0 Å². The average molecular weight is 211 g/mol. The summed E-state index contributed by atoms with van der Waals surface area (Å²) < 4.78 is 0. The fourth-order valence-corrected chi connectivity index (χ4v) is 2.01. The van der Waals surface area contributed by atoms with Crippen LogP contribution in [0.4, 0.5) is 0 Å². The molecule has 0 N–H and O–H groups in total. The van der Waals surface area contributed by atoms with Crippen molar-refractivity contribution in [3.05, 3.63) is 33.8 Å². The first-order valence-electron chi connectivity index (χ1n) is 5.47. The van der Waals surface area contributed by atoms with Crippen LogP contribution in [0.1, 0.15) is 43.4 Å². The van der Waals surface area contributed by atoms with Gasteiger partial charge >= 0.3 is 0 Å². The summed E-state index contributed by atoms with van der Waals surface area (Å²) in [5.74, 6) is 0. The molecule has 0 saturated heterocycles. The summed E-state index contributed by atoms with van der Waals surface area (Å²) in [6.07, 6.45) is 4.68. The lowest BCUT2D eigenvalue weighted by Gasteiger charge is -2.10. The Morgan fingerprint density at radius 3 is 2.36 bits per heavy atom. The van der Waals surface area contributed by atoms with Crippen LogP contribution in [0.3, 0.4) is 0 Å². The molecule has 0 bridgehead atoms. The van der Waals surface area contributed by atoms with E-state index in [1.807, 2.05) is 0 Å².